The number of benzene rings is 1. The van der Waals surface area contributed by atoms with Gasteiger partial charge in [0.15, 0.2) is 0 Å². The van der Waals surface area contributed by atoms with E-state index < -0.39 is 104 Å². The molecule has 58 heavy (non-hydrogen) atoms. The van der Waals surface area contributed by atoms with E-state index in [2.05, 4.69) is 15.0 Å². The third kappa shape index (κ3) is 7.44. The number of ether oxygens (including phenoxy) is 1. The molecular weight excluding hydrogens is 801 g/mol. The van der Waals surface area contributed by atoms with Crippen LogP contribution >= 0.6 is 0 Å². The van der Waals surface area contributed by atoms with Gasteiger partial charge in [0.25, 0.3) is 5.91 Å². The fraction of sp³-hybridized carbons (Fsp3) is 0.605. The summed E-state index contributed by atoms with van der Waals surface area (Å²) < 4.78 is 119. The Balaban J connectivity index is 1.31. The Morgan fingerprint density at radius 1 is 1.05 bits per heavy atom. The molecule has 0 radical (unpaired) electrons. The van der Waals surface area contributed by atoms with Crippen LogP contribution < -0.4 is 14.8 Å². The molecule has 3 aliphatic heterocycles. The Labute approximate surface area is 329 Å². The first kappa shape index (κ1) is 41.5. The molecule has 20 heteroatoms. The molecule has 5 atom stereocenters. The van der Waals surface area contributed by atoms with Gasteiger partial charge in [-0.2, -0.15) is 26.3 Å². The number of carbonyl (C=O) groups excluding carboxylic acids is 3. The van der Waals surface area contributed by atoms with Gasteiger partial charge < -0.3 is 20.1 Å². The van der Waals surface area contributed by atoms with Gasteiger partial charge in [-0.05, 0) is 71.3 Å². The first-order chi connectivity index (χ1) is 27.0. The fourth-order valence-electron chi connectivity index (χ4n) is 8.67. The molecule has 2 aliphatic carbocycles. The van der Waals surface area contributed by atoms with Gasteiger partial charge in [-0.3, -0.25) is 24.0 Å². The van der Waals surface area contributed by atoms with Crippen molar-refractivity contribution in [3.8, 4) is 5.75 Å². The number of carbonyl (C=O) groups is 4. The molecule has 4 heterocycles. The van der Waals surface area contributed by atoms with Crippen LogP contribution in [-0.4, -0.2) is 105 Å². The summed E-state index contributed by atoms with van der Waals surface area (Å²) in [5, 5.41) is 13.4. The number of pyridine rings is 1. The first-order valence-corrected chi connectivity index (χ1v) is 20.6. The van der Waals surface area contributed by atoms with Crippen LogP contribution in [0.5, 0.6) is 5.75 Å². The minimum Gasteiger partial charge on any atom is -0.483 e. The van der Waals surface area contributed by atoms with Crippen molar-refractivity contribution in [2.45, 2.75) is 131 Å². The van der Waals surface area contributed by atoms with E-state index in [1.54, 1.807) is 37.3 Å². The van der Waals surface area contributed by atoms with Crippen molar-refractivity contribution in [1.29, 1.82) is 0 Å². The van der Waals surface area contributed by atoms with Gasteiger partial charge in [0.1, 0.15) is 29.0 Å². The van der Waals surface area contributed by atoms with Crippen molar-refractivity contribution < 1.29 is 63.8 Å². The smallest absolute Gasteiger partial charge is 0.417 e. The van der Waals surface area contributed by atoms with Crippen LogP contribution in [0, 0.1) is 12.8 Å². The lowest BCUT2D eigenvalue weighted by Gasteiger charge is -2.40. The molecule has 0 bridgehead atoms. The maximum atomic E-state index is 14.7. The Bertz CT molecular complexity index is 2160. The van der Waals surface area contributed by atoms with E-state index in [-0.39, 0.29) is 32.1 Å². The van der Waals surface area contributed by atoms with Crippen LogP contribution in [0.2, 0.25) is 0 Å². The van der Waals surface area contributed by atoms with Crippen LogP contribution in [0.15, 0.2) is 36.4 Å². The summed E-state index contributed by atoms with van der Waals surface area (Å²) in [6.45, 7) is 2.59. The highest BCUT2D eigenvalue weighted by molar-refractivity contribution is 7.91. The number of para-hydroxylation sites is 1. The molecule has 2 saturated carbocycles. The quantitative estimate of drug-likeness (QED) is 0.262. The van der Waals surface area contributed by atoms with Gasteiger partial charge in [0, 0.05) is 23.3 Å². The number of allylic oxidation sites excluding steroid dienone is 1. The molecule has 1 aromatic heterocycles. The summed E-state index contributed by atoms with van der Waals surface area (Å²) in [5.41, 5.74) is -1.42. The lowest BCUT2D eigenvalue weighted by molar-refractivity contribution is -0.285. The maximum absolute atomic E-state index is 14.7. The van der Waals surface area contributed by atoms with Gasteiger partial charge in [-0.15, -0.1) is 0 Å². The zero-order valence-corrected chi connectivity index (χ0v) is 32.4. The monoisotopic (exact) mass is 843 g/mol. The number of aromatic nitrogens is 1. The number of sulfonamides is 1. The van der Waals surface area contributed by atoms with Crippen LogP contribution in [0.1, 0.15) is 82.4 Å². The number of amides is 4. The van der Waals surface area contributed by atoms with E-state index >= 15 is 0 Å². The number of aryl methyl sites for hydroxylation is 2. The second-order valence-corrected chi connectivity index (χ2v) is 18.6. The lowest BCUT2D eigenvalue weighted by Crippen LogP contribution is -2.64. The summed E-state index contributed by atoms with van der Waals surface area (Å²) in [4.78, 5) is 60.1. The largest absolute Gasteiger partial charge is 0.483 e. The lowest BCUT2D eigenvalue weighted by atomic mass is 9.87. The minimum absolute atomic E-state index is 0.0464. The molecular formula is C38H43F6N5O8S. The fourth-order valence-corrected chi connectivity index (χ4v) is 9.98. The highest BCUT2D eigenvalue weighted by atomic mass is 32.2. The predicted octanol–water partition coefficient (Wildman–Crippen LogP) is 5.44. The van der Waals surface area contributed by atoms with Crippen LogP contribution in [0.25, 0.3) is 10.9 Å². The van der Waals surface area contributed by atoms with E-state index in [4.69, 9.17) is 4.74 Å². The molecule has 1 saturated heterocycles. The van der Waals surface area contributed by atoms with E-state index in [9.17, 15) is 59.0 Å². The van der Waals surface area contributed by atoms with Crippen molar-refractivity contribution >= 4 is 44.7 Å². The van der Waals surface area contributed by atoms with Gasteiger partial charge >= 0.3 is 18.4 Å². The number of fused-ring (bicyclic) bond motifs is 5. The van der Waals surface area contributed by atoms with E-state index in [1.807, 2.05) is 6.07 Å². The van der Waals surface area contributed by atoms with Crippen molar-refractivity contribution in [3.05, 3.63) is 47.7 Å². The summed E-state index contributed by atoms with van der Waals surface area (Å²) >= 11 is 0. The molecule has 2 aromatic rings. The topological polar surface area (TPSA) is 175 Å². The van der Waals surface area contributed by atoms with Crippen LogP contribution in [0.4, 0.5) is 31.1 Å². The molecule has 316 valence electrons. The molecule has 0 unspecified atom stereocenters. The van der Waals surface area contributed by atoms with Crippen molar-refractivity contribution in [2.24, 2.45) is 5.92 Å². The second kappa shape index (κ2) is 14.3. The predicted molar refractivity (Wildman–Crippen MR) is 194 cm³/mol. The number of carboxylic acid groups (broad SMARTS) is 1. The number of halogens is 6. The number of hydrogen-bond donors (Lipinski definition) is 3. The van der Waals surface area contributed by atoms with Gasteiger partial charge in [-0.1, -0.05) is 43.2 Å². The van der Waals surface area contributed by atoms with Crippen molar-refractivity contribution in [1.82, 2.24) is 24.8 Å². The summed E-state index contributed by atoms with van der Waals surface area (Å²) in [7, 11) is -4.19. The number of alkyl halides is 6. The number of rotatable bonds is 5. The molecule has 5 aliphatic rings. The zero-order valence-electron chi connectivity index (χ0n) is 31.6. The second-order valence-electron chi connectivity index (χ2n) is 16.4. The first-order valence-electron chi connectivity index (χ1n) is 19.1. The standard InChI is InChI=1S/C38H43F6N5O8S/c1-21-28-24(23-11-8-9-12-25(23)45-21)14-15-35(57-28)19-27-29(50)46-36(32(52)47-58(55,56)34(2)16-17-34)18-22(36)10-6-4-3-5-7-13-26(30(51)48(27)20-35)49(33(53)54)31(37(39,40)41)38(42,43)44/h6,8-12,22,26-27,31H,3-5,7,13-20H2,1-2H3,(H,46,50)(H,47,52)(H,53,54)/b10-6-/t22-,26+,27+,35-,36-/m1/s1. The summed E-state index contributed by atoms with van der Waals surface area (Å²) in [6, 6.07) is -1.60. The van der Waals surface area contributed by atoms with E-state index in [0.717, 1.165) is 15.8 Å². The molecule has 4 amide bonds. The third-order valence-corrected chi connectivity index (χ3v) is 14.5. The summed E-state index contributed by atoms with van der Waals surface area (Å²) in [6.07, 6.45) is -11.2. The Hall–Kier alpha value is -4.62. The summed E-state index contributed by atoms with van der Waals surface area (Å²) in [5.74, 6) is -3.95. The molecule has 3 N–H and O–H groups in total. The molecule has 1 aromatic carbocycles. The third-order valence-electron chi connectivity index (χ3n) is 12.3. The van der Waals surface area contributed by atoms with E-state index in [0.29, 0.717) is 49.1 Å². The Morgan fingerprint density at radius 3 is 2.40 bits per heavy atom. The number of nitrogens with zero attached hydrogens (tertiary/aromatic N) is 3. The van der Waals surface area contributed by atoms with Crippen LogP contribution in [-0.2, 0) is 30.8 Å². The Morgan fingerprint density at radius 2 is 1.74 bits per heavy atom. The van der Waals surface area contributed by atoms with Gasteiger partial charge in [0.2, 0.25) is 27.9 Å². The minimum atomic E-state index is -6.18. The SMILES string of the molecule is Cc1nc2ccccc2c2c1O[C@]1(CC2)C[C@H]2C(=O)N[C@]3(C(=O)NS(=O)(=O)C4(C)CC4)C[C@H]3/C=C\CCCCC[C@H](N(C(=O)O)C(C(F)(F)F)C(F)(F)F)C(=O)N2C1. The molecule has 7 rings (SSSR count). The number of hydrogen-bond acceptors (Lipinski definition) is 8. The number of nitrogens with one attached hydrogen (secondary N) is 2. The van der Waals surface area contributed by atoms with Gasteiger partial charge in [0.05, 0.1) is 22.5 Å². The molecule has 3 fully saturated rings. The average molecular weight is 844 g/mol. The maximum Gasteiger partial charge on any atom is 0.417 e. The van der Waals surface area contributed by atoms with Crippen molar-refractivity contribution in [2.75, 3.05) is 6.54 Å². The molecule has 13 nitrogen and oxygen atoms in total. The van der Waals surface area contributed by atoms with Gasteiger partial charge in [-0.25, -0.2) is 18.2 Å². The highest BCUT2D eigenvalue weighted by Gasteiger charge is 2.66. The highest BCUT2D eigenvalue weighted by Crippen LogP contribution is 2.49. The van der Waals surface area contributed by atoms with E-state index in [1.165, 1.54) is 6.92 Å². The average Bonchev–Trinajstić information content (AvgIpc) is 4.02. The normalized spacial score (nSPS) is 29.3. The molecule has 1 spiro atoms. The Kier molecular flexibility index (Phi) is 10.2. The van der Waals surface area contributed by atoms with Crippen molar-refractivity contribution in [3.63, 3.8) is 0 Å². The van der Waals surface area contributed by atoms with Crippen LogP contribution in [0.3, 0.4) is 0 Å². The zero-order chi connectivity index (χ0) is 42.2.